The lowest BCUT2D eigenvalue weighted by molar-refractivity contribution is 0.0824. The van der Waals surface area contributed by atoms with Gasteiger partial charge in [0.05, 0.1) is 5.69 Å². The minimum atomic E-state index is -0.133. The lowest BCUT2D eigenvalue weighted by Crippen LogP contribution is -2.53. The zero-order valence-corrected chi connectivity index (χ0v) is 16.4. The van der Waals surface area contributed by atoms with Crippen molar-refractivity contribution in [1.82, 2.24) is 15.4 Å². The van der Waals surface area contributed by atoms with Gasteiger partial charge in [0.15, 0.2) is 5.76 Å². The number of fused-ring (bicyclic) bond motifs is 1. The van der Waals surface area contributed by atoms with Crippen molar-refractivity contribution in [2.24, 2.45) is 0 Å². The first-order chi connectivity index (χ1) is 12.3. The molecule has 5 nitrogen and oxygen atoms in total. The van der Waals surface area contributed by atoms with Crippen molar-refractivity contribution in [2.45, 2.75) is 59.0 Å². The molecule has 0 fully saturated rings. The van der Waals surface area contributed by atoms with Crippen LogP contribution < -0.4 is 5.32 Å². The Morgan fingerprint density at radius 1 is 1.31 bits per heavy atom. The Balaban J connectivity index is 1.67. The Labute approximate surface area is 155 Å². The Morgan fingerprint density at radius 3 is 2.69 bits per heavy atom. The Hall–Kier alpha value is -2.14. The molecule has 140 valence electrons. The minimum Gasteiger partial charge on any atom is -0.360 e. The van der Waals surface area contributed by atoms with E-state index in [4.69, 9.17) is 4.52 Å². The van der Waals surface area contributed by atoms with Crippen molar-refractivity contribution in [1.29, 1.82) is 0 Å². The third-order valence-electron chi connectivity index (χ3n) is 5.31. The zero-order chi connectivity index (χ0) is 18.9. The van der Waals surface area contributed by atoms with E-state index in [0.29, 0.717) is 23.6 Å². The summed E-state index contributed by atoms with van der Waals surface area (Å²) in [5, 5.41) is 7.07. The number of rotatable bonds is 5. The summed E-state index contributed by atoms with van der Waals surface area (Å²) >= 11 is 0. The van der Waals surface area contributed by atoms with E-state index < -0.39 is 0 Å². The Morgan fingerprint density at radius 2 is 2.00 bits per heavy atom. The van der Waals surface area contributed by atoms with Gasteiger partial charge in [0.25, 0.3) is 5.91 Å². The van der Waals surface area contributed by atoms with Crippen LogP contribution in [0.5, 0.6) is 0 Å². The molecule has 0 aliphatic carbocycles. The second kappa shape index (κ2) is 7.23. The van der Waals surface area contributed by atoms with Crippen LogP contribution in [0.15, 0.2) is 28.8 Å². The van der Waals surface area contributed by atoms with E-state index in [2.05, 4.69) is 53.5 Å². The van der Waals surface area contributed by atoms with Crippen LogP contribution in [0.1, 0.15) is 66.6 Å². The summed E-state index contributed by atoms with van der Waals surface area (Å²) in [6.45, 7) is 12.7. The summed E-state index contributed by atoms with van der Waals surface area (Å²) in [4.78, 5) is 15.2. The first-order valence-corrected chi connectivity index (χ1v) is 9.36. The molecule has 0 unspecified atom stereocenters. The van der Waals surface area contributed by atoms with Crippen LogP contribution in [0.2, 0.25) is 0 Å². The van der Waals surface area contributed by atoms with E-state index in [0.717, 1.165) is 19.5 Å². The molecule has 3 rings (SSSR count). The molecule has 0 saturated heterocycles. The minimum absolute atomic E-state index is 0.0991. The smallest absolute Gasteiger partial charge is 0.256 e. The molecule has 0 spiro atoms. The average Bonchev–Trinajstić information content (AvgIpc) is 3.01. The number of hydrogen-bond donors (Lipinski definition) is 1. The maximum absolute atomic E-state index is 12.8. The molecule has 0 bridgehead atoms. The molecule has 26 heavy (non-hydrogen) atoms. The fraction of sp³-hybridized carbons (Fsp3) is 0.524. The zero-order valence-electron chi connectivity index (χ0n) is 16.4. The van der Waals surface area contributed by atoms with Crippen molar-refractivity contribution in [3.05, 3.63) is 52.4 Å². The topological polar surface area (TPSA) is 58.4 Å². The standard InChI is InChI=1S/C21H29N3O2/c1-14(2)19-18(15(3)23-26-19)20(25)22-13-21(4,5)24-11-10-16-8-6-7-9-17(16)12-24/h6-9,14H,10-13H2,1-5H3,(H,22,25). The van der Waals surface area contributed by atoms with Gasteiger partial charge >= 0.3 is 0 Å². The van der Waals surface area contributed by atoms with Crippen molar-refractivity contribution in [2.75, 3.05) is 13.1 Å². The van der Waals surface area contributed by atoms with Gasteiger partial charge in [-0.25, -0.2) is 0 Å². The average molecular weight is 355 g/mol. The Kier molecular flexibility index (Phi) is 5.19. The van der Waals surface area contributed by atoms with Gasteiger partial charge in [-0.15, -0.1) is 0 Å². The first-order valence-electron chi connectivity index (χ1n) is 9.36. The largest absolute Gasteiger partial charge is 0.360 e. The molecular formula is C21H29N3O2. The molecule has 1 aromatic heterocycles. The molecule has 0 atom stereocenters. The van der Waals surface area contributed by atoms with E-state index in [1.54, 1.807) is 0 Å². The molecule has 1 aliphatic rings. The number of nitrogens with one attached hydrogen (secondary N) is 1. The van der Waals surface area contributed by atoms with Gasteiger partial charge in [0, 0.05) is 31.1 Å². The number of aromatic nitrogens is 1. The summed E-state index contributed by atoms with van der Waals surface area (Å²) in [7, 11) is 0. The molecule has 2 heterocycles. The summed E-state index contributed by atoms with van der Waals surface area (Å²) in [5.41, 5.74) is 3.92. The van der Waals surface area contributed by atoms with Gasteiger partial charge in [-0.1, -0.05) is 43.3 Å². The monoisotopic (exact) mass is 355 g/mol. The highest BCUT2D eigenvalue weighted by atomic mass is 16.5. The van der Waals surface area contributed by atoms with Crippen molar-refractivity contribution < 1.29 is 9.32 Å². The molecule has 5 heteroatoms. The highest BCUT2D eigenvalue weighted by Gasteiger charge is 2.31. The van der Waals surface area contributed by atoms with Crippen molar-refractivity contribution >= 4 is 5.91 Å². The summed E-state index contributed by atoms with van der Waals surface area (Å²) in [6, 6.07) is 8.61. The van der Waals surface area contributed by atoms with Gasteiger partial charge in [-0.2, -0.15) is 0 Å². The van der Waals surface area contributed by atoms with Crippen LogP contribution in [-0.4, -0.2) is 34.6 Å². The lowest BCUT2D eigenvalue weighted by atomic mass is 9.94. The molecule has 1 aliphatic heterocycles. The maximum Gasteiger partial charge on any atom is 0.256 e. The van der Waals surface area contributed by atoms with E-state index in [1.807, 2.05) is 20.8 Å². The predicted molar refractivity (Wildman–Crippen MR) is 102 cm³/mol. The van der Waals surface area contributed by atoms with Crippen LogP contribution in [0.25, 0.3) is 0 Å². The number of benzene rings is 1. The normalized spacial score (nSPS) is 15.2. The summed E-state index contributed by atoms with van der Waals surface area (Å²) < 4.78 is 5.34. The van der Waals surface area contributed by atoms with Crippen LogP contribution >= 0.6 is 0 Å². The molecule has 1 amide bonds. The Bertz CT molecular complexity index is 792. The quantitative estimate of drug-likeness (QED) is 0.889. The van der Waals surface area contributed by atoms with Gasteiger partial charge in [-0.3, -0.25) is 9.69 Å². The highest BCUT2D eigenvalue weighted by Crippen LogP contribution is 2.26. The fourth-order valence-electron chi connectivity index (χ4n) is 3.57. The van der Waals surface area contributed by atoms with Crippen molar-refractivity contribution in [3.8, 4) is 0 Å². The molecule has 0 radical (unpaired) electrons. The molecule has 2 aromatic rings. The number of hydrogen-bond acceptors (Lipinski definition) is 4. The second-order valence-electron chi connectivity index (χ2n) is 8.10. The van der Waals surface area contributed by atoms with E-state index in [1.165, 1.54) is 11.1 Å². The van der Waals surface area contributed by atoms with Crippen LogP contribution in [-0.2, 0) is 13.0 Å². The molecule has 1 N–H and O–H groups in total. The third-order valence-corrected chi connectivity index (χ3v) is 5.31. The predicted octanol–water partition coefficient (Wildman–Crippen LogP) is 3.67. The number of nitrogens with zero attached hydrogens (tertiary/aromatic N) is 2. The van der Waals surface area contributed by atoms with Crippen LogP contribution in [0.4, 0.5) is 0 Å². The SMILES string of the molecule is Cc1noc(C(C)C)c1C(=O)NCC(C)(C)N1CCc2ccccc2C1. The van der Waals surface area contributed by atoms with E-state index in [-0.39, 0.29) is 17.4 Å². The van der Waals surface area contributed by atoms with Gasteiger partial charge in [0.1, 0.15) is 5.56 Å². The fourth-order valence-corrected chi connectivity index (χ4v) is 3.57. The van der Waals surface area contributed by atoms with E-state index >= 15 is 0 Å². The summed E-state index contributed by atoms with van der Waals surface area (Å²) in [6.07, 6.45) is 1.05. The summed E-state index contributed by atoms with van der Waals surface area (Å²) in [5.74, 6) is 0.686. The lowest BCUT2D eigenvalue weighted by Gasteiger charge is -2.41. The number of carbonyl (C=O) groups is 1. The molecular weight excluding hydrogens is 326 g/mol. The number of aryl methyl sites for hydroxylation is 1. The van der Waals surface area contributed by atoms with E-state index in [9.17, 15) is 4.79 Å². The highest BCUT2D eigenvalue weighted by molar-refractivity contribution is 5.96. The van der Waals surface area contributed by atoms with Crippen LogP contribution in [0, 0.1) is 6.92 Å². The van der Waals surface area contributed by atoms with Gasteiger partial charge < -0.3 is 9.84 Å². The number of carbonyl (C=O) groups excluding carboxylic acids is 1. The van der Waals surface area contributed by atoms with Gasteiger partial charge in [0.2, 0.25) is 0 Å². The maximum atomic E-state index is 12.8. The first kappa shape index (κ1) is 18.6. The second-order valence-corrected chi connectivity index (χ2v) is 8.10. The van der Waals surface area contributed by atoms with Gasteiger partial charge in [-0.05, 0) is 38.3 Å². The van der Waals surface area contributed by atoms with Crippen molar-refractivity contribution in [3.63, 3.8) is 0 Å². The third kappa shape index (κ3) is 3.68. The molecule has 0 saturated carbocycles. The number of amides is 1. The van der Waals surface area contributed by atoms with Crippen LogP contribution in [0.3, 0.4) is 0 Å². The molecule has 1 aromatic carbocycles.